The van der Waals surface area contributed by atoms with Crippen LogP contribution >= 0.6 is 15.2 Å². The van der Waals surface area contributed by atoms with Gasteiger partial charge in [-0.2, -0.15) is 0 Å². The average molecular weight is 336 g/mol. The number of aliphatic carboxylic acids is 1. The van der Waals surface area contributed by atoms with Crippen LogP contribution in [0.3, 0.4) is 0 Å². The molecule has 0 spiro atoms. The van der Waals surface area contributed by atoms with Gasteiger partial charge < -0.3 is 35.5 Å². The van der Waals surface area contributed by atoms with Gasteiger partial charge in [0, 0.05) is 6.42 Å². The van der Waals surface area contributed by atoms with Crippen LogP contribution in [0.1, 0.15) is 12.8 Å². The lowest BCUT2D eigenvalue weighted by molar-refractivity contribution is -0.181. The summed E-state index contributed by atoms with van der Waals surface area (Å²) < 4.78 is 21.9. The van der Waals surface area contributed by atoms with Gasteiger partial charge in [0.25, 0.3) is 0 Å². The van der Waals surface area contributed by atoms with E-state index in [1.165, 1.54) is 0 Å². The van der Waals surface area contributed by atoms with E-state index in [0.29, 0.717) is 0 Å². The molecule has 0 aliphatic carbocycles. The fraction of sp³-hybridized carbons (Fsp3) is 0.857. The van der Waals surface area contributed by atoms with Crippen LogP contribution in [0.4, 0.5) is 0 Å². The van der Waals surface area contributed by atoms with Crippen molar-refractivity contribution >= 4 is 21.2 Å². The second-order valence-corrected chi connectivity index (χ2v) is 7.39. The number of carboxylic acids is 1. The SMILES string of the molecule is NCCCC(O)(C(=O)O)N(CP(=O)(O)O)CP(=O)(O)O. The van der Waals surface area contributed by atoms with Crippen molar-refractivity contribution in [1.82, 2.24) is 4.90 Å². The van der Waals surface area contributed by atoms with Gasteiger partial charge in [-0.25, -0.2) is 9.69 Å². The predicted molar refractivity (Wildman–Crippen MR) is 66.5 cm³/mol. The van der Waals surface area contributed by atoms with Gasteiger partial charge in [0.1, 0.15) is 12.6 Å². The molecule has 0 fully saturated rings. The smallest absolute Gasteiger partial charge is 0.351 e. The van der Waals surface area contributed by atoms with Gasteiger partial charge in [0.15, 0.2) is 0 Å². The van der Waals surface area contributed by atoms with Crippen molar-refractivity contribution in [2.24, 2.45) is 5.73 Å². The molecule has 0 aliphatic heterocycles. The number of rotatable bonds is 9. The molecule has 1 unspecified atom stereocenters. The third kappa shape index (κ3) is 6.89. The number of carboxylic acid groups (broad SMARTS) is 1. The van der Waals surface area contributed by atoms with E-state index in [2.05, 4.69) is 0 Å². The van der Waals surface area contributed by atoms with Gasteiger partial charge in [-0.15, -0.1) is 0 Å². The standard InChI is InChI=1S/C7H18N2O9P2/c8-3-1-2-7(12,6(10)11)9(4-19(13,14)15)5-20(16,17)18/h12H,1-5,8H2,(H,10,11)(H2,13,14,15)(H2,16,17,18). The maximum Gasteiger partial charge on any atom is 0.351 e. The van der Waals surface area contributed by atoms with Crippen molar-refractivity contribution in [3.8, 4) is 0 Å². The Morgan fingerprint density at radius 3 is 1.75 bits per heavy atom. The van der Waals surface area contributed by atoms with Crippen LogP contribution in [-0.2, 0) is 13.9 Å². The van der Waals surface area contributed by atoms with Gasteiger partial charge in [0.2, 0.25) is 5.72 Å². The fourth-order valence-corrected chi connectivity index (χ4v) is 3.19. The maximum absolute atomic E-state index is 11.1. The molecule has 0 amide bonds. The third-order valence-electron chi connectivity index (χ3n) is 2.31. The first-order chi connectivity index (χ1) is 8.82. The molecule has 1 atom stereocenters. The first-order valence-corrected chi connectivity index (χ1v) is 8.91. The maximum atomic E-state index is 11.1. The molecule has 13 heteroatoms. The van der Waals surface area contributed by atoms with E-state index in [0.717, 1.165) is 0 Å². The lowest BCUT2D eigenvalue weighted by atomic mass is 10.1. The fourth-order valence-electron chi connectivity index (χ4n) is 1.47. The quantitative estimate of drug-likeness (QED) is 0.182. The van der Waals surface area contributed by atoms with Crippen molar-refractivity contribution in [1.29, 1.82) is 0 Å². The predicted octanol–water partition coefficient (Wildman–Crippen LogP) is -1.93. The lowest BCUT2D eigenvalue weighted by Crippen LogP contribution is -2.55. The Labute approximate surface area is 114 Å². The summed E-state index contributed by atoms with van der Waals surface area (Å²) in [5, 5.41) is 19.0. The normalized spacial score (nSPS) is 16.1. The van der Waals surface area contributed by atoms with Gasteiger partial charge in [-0.05, 0) is 13.0 Å². The van der Waals surface area contributed by atoms with Crippen LogP contribution in [-0.4, -0.2) is 65.5 Å². The lowest BCUT2D eigenvalue weighted by Gasteiger charge is -2.36. The Morgan fingerprint density at radius 2 is 1.50 bits per heavy atom. The summed E-state index contributed by atoms with van der Waals surface area (Å²) in [5.74, 6) is -1.88. The largest absolute Gasteiger partial charge is 0.478 e. The van der Waals surface area contributed by atoms with Gasteiger partial charge in [0.05, 0.1) is 0 Å². The van der Waals surface area contributed by atoms with Gasteiger partial charge >= 0.3 is 21.2 Å². The molecule has 0 aromatic rings. The molecule has 0 radical (unpaired) electrons. The van der Waals surface area contributed by atoms with Crippen molar-refractivity contribution in [3.63, 3.8) is 0 Å². The summed E-state index contributed by atoms with van der Waals surface area (Å²) in [6.45, 7) is -0.0186. The van der Waals surface area contributed by atoms with Crippen LogP contribution in [0.15, 0.2) is 0 Å². The Balaban J connectivity index is 5.46. The highest BCUT2D eigenvalue weighted by Gasteiger charge is 2.46. The van der Waals surface area contributed by atoms with Crippen molar-refractivity contribution < 1.29 is 43.7 Å². The molecule has 0 saturated carbocycles. The number of carbonyl (C=O) groups is 1. The summed E-state index contributed by atoms with van der Waals surface area (Å²) in [5.41, 5.74) is 2.33. The number of hydrogen-bond acceptors (Lipinski definition) is 6. The second-order valence-electron chi connectivity index (χ2n) is 4.17. The minimum atomic E-state index is -4.85. The van der Waals surface area contributed by atoms with Gasteiger partial charge in [-0.1, -0.05) is 0 Å². The monoisotopic (exact) mass is 336 g/mol. The van der Waals surface area contributed by atoms with E-state index >= 15 is 0 Å². The molecular formula is C7H18N2O9P2. The molecular weight excluding hydrogens is 318 g/mol. The Kier molecular flexibility index (Phi) is 6.95. The van der Waals surface area contributed by atoms with Crippen LogP contribution in [0, 0.1) is 0 Å². The van der Waals surface area contributed by atoms with E-state index in [4.69, 9.17) is 30.4 Å². The molecule has 11 nitrogen and oxygen atoms in total. The van der Waals surface area contributed by atoms with Crippen LogP contribution < -0.4 is 5.73 Å². The highest BCUT2D eigenvalue weighted by atomic mass is 31.2. The third-order valence-corrected chi connectivity index (χ3v) is 3.72. The Morgan fingerprint density at radius 1 is 1.10 bits per heavy atom. The minimum absolute atomic E-state index is 0.0186. The Hall–Kier alpha value is -0.350. The molecule has 8 N–H and O–H groups in total. The first kappa shape index (κ1) is 19.7. The molecule has 0 heterocycles. The van der Waals surface area contributed by atoms with Gasteiger partial charge in [-0.3, -0.25) is 9.13 Å². The average Bonchev–Trinajstić information content (AvgIpc) is 2.20. The summed E-state index contributed by atoms with van der Waals surface area (Å²) in [7, 11) is -9.70. The highest BCUT2D eigenvalue weighted by Crippen LogP contribution is 2.43. The molecule has 0 aliphatic rings. The zero-order valence-corrected chi connectivity index (χ0v) is 12.2. The number of hydrogen-bond donors (Lipinski definition) is 7. The molecule has 0 bridgehead atoms. The number of aliphatic hydroxyl groups is 1. The zero-order chi connectivity index (χ0) is 16.2. The van der Waals surface area contributed by atoms with E-state index < -0.39 is 45.9 Å². The topological polar surface area (TPSA) is 202 Å². The summed E-state index contributed by atoms with van der Waals surface area (Å²) in [4.78, 5) is 46.6. The molecule has 0 rings (SSSR count). The van der Waals surface area contributed by atoms with Crippen molar-refractivity contribution in [2.75, 3.05) is 19.1 Å². The van der Waals surface area contributed by atoms with E-state index in [9.17, 15) is 19.0 Å². The zero-order valence-electron chi connectivity index (χ0n) is 10.4. The van der Waals surface area contributed by atoms with Crippen molar-refractivity contribution in [2.45, 2.75) is 18.6 Å². The van der Waals surface area contributed by atoms with Crippen LogP contribution in [0.2, 0.25) is 0 Å². The minimum Gasteiger partial charge on any atom is -0.478 e. The molecule has 0 aromatic heterocycles. The molecule has 0 aromatic carbocycles. The number of nitrogens with zero attached hydrogens (tertiary/aromatic N) is 1. The summed E-state index contributed by atoms with van der Waals surface area (Å²) in [6.07, 6.45) is -3.20. The first-order valence-electron chi connectivity index (χ1n) is 5.32. The molecule has 20 heavy (non-hydrogen) atoms. The summed E-state index contributed by atoms with van der Waals surface area (Å²) in [6, 6.07) is 0. The van der Waals surface area contributed by atoms with Crippen molar-refractivity contribution in [3.05, 3.63) is 0 Å². The van der Waals surface area contributed by atoms with Crippen LogP contribution in [0.25, 0.3) is 0 Å². The Bertz CT molecular complexity index is 408. The van der Waals surface area contributed by atoms with Crippen LogP contribution in [0.5, 0.6) is 0 Å². The molecule has 120 valence electrons. The number of nitrogens with two attached hydrogens (primary N) is 1. The summed E-state index contributed by atoms with van der Waals surface area (Å²) >= 11 is 0. The second kappa shape index (κ2) is 7.08. The molecule has 0 saturated heterocycles. The highest BCUT2D eigenvalue weighted by molar-refractivity contribution is 7.52. The van der Waals surface area contributed by atoms with E-state index in [-0.39, 0.29) is 17.9 Å². The van der Waals surface area contributed by atoms with E-state index in [1.54, 1.807) is 0 Å². The van der Waals surface area contributed by atoms with E-state index in [1.807, 2.05) is 0 Å².